The molecule has 2 heterocycles. The van der Waals surface area contributed by atoms with Gasteiger partial charge in [0.2, 0.25) is 0 Å². The number of nitrogens with zero attached hydrogens (tertiary/aromatic N) is 2. The summed E-state index contributed by atoms with van der Waals surface area (Å²) in [6.07, 6.45) is 1.83. The van der Waals surface area contributed by atoms with Gasteiger partial charge in [-0.15, -0.1) is 6.54 Å². The van der Waals surface area contributed by atoms with Crippen molar-refractivity contribution in [2.45, 2.75) is 18.5 Å². The van der Waals surface area contributed by atoms with E-state index in [0.29, 0.717) is 6.54 Å². The molecule has 1 amide bonds. The van der Waals surface area contributed by atoms with Crippen molar-refractivity contribution in [3.63, 3.8) is 0 Å². The van der Waals surface area contributed by atoms with Gasteiger partial charge in [-0.05, 0) is 0 Å². The van der Waals surface area contributed by atoms with E-state index in [0.717, 1.165) is 6.42 Å². The van der Waals surface area contributed by atoms with Crippen LogP contribution in [0.15, 0.2) is 12.7 Å². The predicted octanol–water partition coefficient (Wildman–Crippen LogP) is 1.15. The molecular weight excluding hydrogens is 770 g/mol. The number of carbonyl (C=O) groups is 2. The quantitative estimate of drug-likeness (QED) is 0.312. The topological polar surface area (TPSA) is 60.7 Å². The minimum absolute atomic E-state index is 0. The van der Waals surface area contributed by atoms with Gasteiger partial charge >= 0.3 is 6.09 Å². The molecule has 5 nitrogen and oxygen atoms in total. The fourth-order valence-electron chi connectivity index (χ4n) is 2.06. The largest absolute Gasteiger partial charge is 0.651 e. The zero-order valence-electron chi connectivity index (χ0n) is 11.3. The molecule has 2 aliphatic heterocycles. The number of hydrogen-bond donors (Lipinski definition) is 0. The molecule has 20 heavy (non-hydrogen) atoms. The molecular formula is C11H16N2O3UVWY-2. The fourth-order valence-corrected chi connectivity index (χ4v) is 2.06. The Bertz CT molecular complexity index is 326. The van der Waals surface area contributed by atoms with E-state index < -0.39 is 6.09 Å². The average Bonchev–Trinajstić information content (AvgIpc) is 2.79. The number of Topliss-reactive ketones (excluding diaryl/α,β-unsaturated/α-hetero) is 1. The molecule has 2 atom stereocenters. The standard InChI is InChI=1S/C10H13N2O3.CH3.U.V.W.Y/c1-2-5-15-10(14)12-6-8(13)9-7(12)3-4-11-9;;;;;/h2,7,9H,1,3-6H2;1H3;;;;/q2*-1;;;;. The van der Waals surface area contributed by atoms with Crippen molar-refractivity contribution in [2.75, 3.05) is 19.7 Å². The van der Waals surface area contributed by atoms with Crippen molar-refractivity contribution in [2.24, 2.45) is 0 Å². The van der Waals surface area contributed by atoms with Crippen LogP contribution in [0.4, 0.5) is 4.79 Å². The number of hydrogen-bond acceptors (Lipinski definition) is 3. The van der Waals surface area contributed by atoms with E-state index in [9.17, 15) is 9.59 Å². The van der Waals surface area contributed by atoms with Gasteiger partial charge in [-0.2, -0.15) is 0 Å². The minimum atomic E-state index is -0.437. The number of rotatable bonds is 2. The molecule has 2 radical (unpaired) electrons. The number of amides is 1. The maximum Gasteiger partial charge on any atom is 0.410 e. The van der Waals surface area contributed by atoms with Crippen LogP contribution in [0.25, 0.3) is 5.32 Å². The SMILES string of the molecule is C=CCOC(=O)N1CC(=O)C2[N-]CCC21.[CH3-].[U].[V].[W].[Y]. The van der Waals surface area contributed by atoms with Crippen LogP contribution in [0.2, 0.25) is 0 Å². The molecule has 0 aromatic heterocycles. The minimum Gasteiger partial charge on any atom is -0.651 e. The van der Waals surface area contributed by atoms with E-state index >= 15 is 0 Å². The number of ketones is 1. The summed E-state index contributed by atoms with van der Waals surface area (Å²) in [4.78, 5) is 24.5. The molecule has 2 rings (SSSR count). The van der Waals surface area contributed by atoms with Crippen LogP contribution in [-0.4, -0.2) is 48.6 Å². The molecule has 0 aliphatic carbocycles. The van der Waals surface area contributed by atoms with Gasteiger partial charge < -0.3 is 17.5 Å². The Morgan fingerprint density at radius 1 is 1.55 bits per heavy atom. The first-order valence-electron chi connectivity index (χ1n) is 4.97. The monoisotopic (exact) mass is 786 g/mol. The number of carbonyl (C=O) groups excluding carboxylic acids is 2. The Balaban J connectivity index is -0.000000256. The van der Waals surface area contributed by atoms with E-state index in [1.54, 1.807) is 0 Å². The first kappa shape index (κ1) is 30.0. The van der Waals surface area contributed by atoms with Crippen LogP contribution < -0.4 is 0 Å². The predicted molar refractivity (Wildman–Crippen MR) is 60.1 cm³/mol. The molecule has 2 saturated heterocycles. The van der Waals surface area contributed by atoms with Crippen LogP contribution in [0, 0.1) is 38.5 Å². The third-order valence-electron chi connectivity index (χ3n) is 2.73. The molecule has 0 N–H and O–H groups in total. The summed E-state index contributed by atoms with van der Waals surface area (Å²) in [5.41, 5.74) is 0. The van der Waals surface area contributed by atoms with Crippen LogP contribution in [-0.2, 0) is 81.9 Å². The third-order valence-corrected chi connectivity index (χ3v) is 2.73. The second-order valence-electron chi connectivity index (χ2n) is 3.67. The summed E-state index contributed by atoms with van der Waals surface area (Å²) in [6.45, 7) is 4.43. The summed E-state index contributed by atoms with van der Waals surface area (Å²) in [7, 11) is 0. The van der Waals surface area contributed by atoms with E-state index in [1.165, 1.54) is 11.0 Å². The average molecular weight is 786 g/mol. The zero-order valence-corrected chi connectivity index (χ0v) is 22.7. The van der Waals surface area contributed by atoms with Crippen molar-refractivity contribution >= 4 is 11.9 Å². The van der Waals surface area contributed by atoms with Gasteiger partial charge in [0.05, 0.1) is 6.54 Å². The van der Waals surface area contributed by atoms with Crippen LogP contribution in [0.3, 0.4) is 0 Å². The van der Waals surface area contributed by atoms with Crippen LogP contribution in [0.5, 0.6) is 0 Å². The summed E-state index contributed by atoms with van der Waals surface area (Å²) >= 11 is 0. The molecule has 9 heteroatoms. The van der Waals surface area contributed by atoms with Gasteiger partial charge in [0.1, 0.15) is 12.4 Å². The van der Waals surface area contributed by atoms with Crippen molar-refractivity contribution in [3.8, 4) is 0 Å². The number of likely N-dealkylation sites (tertiary alicyclic amines) is 1. The van der Waals surface area contributed by atoms with Gasteiger partial charge in [-0.25, -0.2) is 4.79 Å². The number of fused-ring (bicyclic) bond motifs is 1. The Kier molecular flexibility index (Phi) is 22.0. The summed E-state index contributed by atoms with van der Waals surface area (Å²) in [5.74, 6) is 0.0213. The van der Waals surface area contributed by atoms with Gasteiger partial charge in [0.15, 0.2) is 0 Å². The molecule has 0 aromatic rings. The normalized spacial score (nSPS) is 21.8. The first-order chi connectivity index (χ1) is 7.24. The smallest absolute Gasteiger partial charge is 0.410 e. The molecule has 2 unspecified atom stereocenters. The molecule has 2 aliphatic rings. The first-order valence-corrected chi connectivity index (χ1v) is 4.97. The Morgan fingerprint density at radius 2 is 2.15 bits per heavy atom. The maximum atomic E-state index is 11.6. The van der Waals surface area contributed by atoms with Gasteiger partial charge in [-0.1, -0.05) is 25.1 Å². The summed E-state index contributed by atoms with van der Waals surface area (Å²) in [5, 5.41) is 4.17. The fraction of sp³-hybridized carbons (Fsp3) is 0.545. The molecule has 108 valence electrons. The van der Waals surface area contributed by atoms with Crippen LogP contribution in [0.1, 0.15) is 6.42 Å². The molecule has 2 fully saturated rings. The zero-order chi connectivity index (χ0) is 10.8. The van der Waals surface area contributed by atoms with E-state index in [2.05, 4.69) is 11.9 Å². The second-order valence-corrected chi connectivity index (χ2v) is 3.67. The van der Waals surface area contributed by atoms with Crippen molar-refractivity contribution < 1.29 is 118 Å². The Labute approximate surface area is 195 Å². The summed E-state index contributed by atoms with van der Waals surface area (Å²) < 4.78 is 4.91. The molecule has 0 saturated carbocycles. The Morgan fingerprint density at radius 3 is 2.70 bits per heavy atom. The number of ether oxygens (including phenoxy) is 1. The molecule has 0 bridgehead atoms. The molecule has 0 spiro atoms. The van der Waals surface area contributed by atoms with Crippen molar-refractivity contribution in [3.05, 3.63) is 25.4 Å². The Hall–Kier alpha value is 2.07. The maximum absolute atomic E-state index is 11.6. The van der Waals surface area contributed by atoms with E-state index in [-0.39, 0.29) is 142 Å². The van der Waals surface area contributed by atoms with E-state index in [4.69, 9.17) is 4.74 Å². The van der Waals surface area contributed by atoms with Gasteiger partial charge in [0.25, 0.3) is 0 Å². The van der Waals surface area contributed by atoms with E-state index in [1.807, 2.05) is 0 Å². The third kappa shape index (κ3) is 7.10. The van der Waals surface area contributed by atoms with Crippen molar-refractivity contribution in [1.82, 2.24) is 4.90 Å². The second kappa shape index (κ2) is 14.6. The summed E-state index contributed by atoms with van der Waals surface area (Å²) in [6, 6.07) is -0.379. The van der Waals surface area contributed by atoms with Crippen LogP contribution >= 0.6 is 0 Å². The van der Waals surface area contributed by atoms with Crippen molar-refractivity contribution in [1.29, 1.82) is 0 Å². The molecule has 0 aromatic carbocycles. The van der Waals surface area contributed by atoms with Gasteiger partial charge in [-0.3, -0.25) is 9.69 Å². The van der Waals surface area contributed by atoms with Gasteiger partial charge in [0, 0.05) is 109 Å².